The van der Waals surface area contributed by atoms with Gasteiger partial charge in [0.25, 0.3) is 0 Å². The monoisotopic (exact) mass is 430 g/mol. The fourth-order valence-corrected chi connectivity index (χ4v) is 1.43. The molecule has 1 aromatic rings. The average Bonchev–Trinajstić information content (AvgIpc) is 2.42. The zero-order valence-electron chi connectivity index (χ0n) is 11.9. The number of para-hydroxylation sites is 1. The maximum Gasteiger partial charge on any atom is 0.390 e. The Morgan fingerprint density at radius 3 is 2.36 bits per heavy atom. The van der Waals surface area contributed by atoms with Crippen molar-refractivity contribution in [2.75, 3.05) is 25.5 Å². The molecule has 0 aliphatic rings. The van der Waals surface area contributed by atoms with E-state index in [9.17, 15) is 18.0 Å². The molecule has 1 rings (SSSR count). The Hall–Kier alpha value is -1.52. The first-order valence-electron chi connectivity index (χ1n) is 6.27. The molecule has 124 valence electrons. The van der Waals surface area contributed by atoms with Gasteiger partial charge < -0.3 is 16.0 Å². The Morgan fingerprint density at radius 1 is 1.18 bits per heavy atom. The lowest BCUT2D eigenvalue weighted by molar-refractivity contribution is -0.132. The van der Waals surface area contributed by atoms with E-state index in [1.165, 1.54) is 7.05 Å². The van der Waals surface area contributed by atoms with Crippen LogP contribution in [0.3, 0.4) is 0 Å². The Labute approximate surface area is 143 Å². The van der Waals surface area contributed by atoms with E-state index in [-0.39, 0.29) is 48.9 Å². The summed E-state index contributed by atoms with van der Waals surface area (Å²) in [5.41, 5.74) is 0.643. The Balaban J connectivity index is 0.00000441. The quantitative estimate of drug-likeness (QED) is 0.382. The van der Waals surface area contributed by atoms with Crippen molar-refractivity contribution in [3.05, 3.63) is 30.3 Å². The maximum atomic E-state index is 12.0. The van der Waals surface area contributed by atoms with Crippen LogP contribution in [-0.2, 0) is 4.79 Å². The highest BCUT2D eigenvalue weighted by Crippen LogP contribution is 2.17. The predicted molar refractivity (Wildman–Crippen MR) is 90.5 cm³/mol. The summed E-state index contributed by atoms with van der Waals surface area (Å²) in [7, 11) is 1.41. The average molecular weight is 430 g/mol. The molecule has 1 aromatic carbocycles. The smallest absolute Gasteiger partial charge is 0.356 e. The Morgan fingerprint density at radius 2 is 1.82 bits per heavy atom. The van der Waals surface area contributed by atoms with Crippen molar-refractivity contribution in [2.24, 2.45) is 4.99 Å². The largest absolute Gasteiger partial charge is 0.390 e. The second-order valence-electron chi connectivity index (χ2n) is 4.13. The number of carbonyl (C=O) groups excluding carboxylic acids is 1. The van der Waals surface area contributed by atoms with Gasteiger partial charge in [-0.1, -0.05) is 18.2 Å². The van der Waals surface area contributed by atoms with E-state index in [4.69, 9.17) is 0 Å². The number of rotatable bonds is 5. The van der Waals surface area contributed by atoms with Gasteiger partial charge in [0, 0.05) is 19.3 Å². The minimum absolute atomic E-state index is 0. The van der Waals surface area contributed by atoms with Gasteiger partial charge in [0.1, 0.15) is 0 Å². The van der Waals surface area contributed by atoms with Crippen LogP contribution in [0.4, 0.5) is 18.9 Å². The Bertz CT molecular complexity index is 480. The number of carbonyl (C=O) groups is 1. The number of hydrogen-bond donors (Lipinski definition) is 3. The summed E-state index contributed by atoms with van der Waals surface area (Å²) < 4.78 is 36.0. The standard InChI is InChI=1S/C13H17F3N4O.HI/c1-17-12(18-8-7-13(14,15)16)19-9-11(21)20-10-5-3-2-4-6-10;/h2-6H,7-9H2,1H3,(H,20,21)(H2,17,18,19);1H. The summed E-state index contributed by atoms with van der Waals surface area (Å²) in [6, 6.07) is 8.84. The molecule has 1 amide bonds. The molecule has 0 spiro atoms. The zero-order chi connectivity index (χ0) is 15.7. The molecule has 0 fully saturated rings. The van der Waals surface area contributed by atoms with Crippen LogP contribution in [-0.4, -0.2) is 38.2 Å². The normalized spacial score (nSPS) is 11.4. The summed E-state index contributed by atoms with van der Waals surface area (Å²) in [5, 5.41) is 7.76. The molecule has 3 N–H and O–H groups in total. The van der Waals surface area contributed by atoms with Crippen LogP contribution in [0.25, 0.3) is 0 Å². The van der Waals surface area contributed by atoms with Gasteiger partial charge in [-0.05, 0) is 12.1 Å². The highest BCUT2D eigenvalue weighted by molar-refractivity contribution is 14.0. The summed E-state index contributed by atoms with van der Waals surface area (Å²) in [4.78, 5) is 15.4. The van der Waals surface area contributed by atoms with E-state index in [0.29, 0.717) is 5.69 Å². The maximum absolute atomic E-state index is 12.0. The lowest BCUT2D eigenvalue weighted by Crippen LogP contribution is -2.42. The predicted octanol–water partition coefficient (Wildman–Crippen LogP) is 2.36. The van der Waals surface area contributed by atoms with E-state index in [0.717, 1.165) is 0 Å². The van der Waals surface area contributed by atoms with Gasteiger partial charge in [0.2, 0.25) is 5.91 Å². The molecule has 0 heterocycles. The van der Waals surface area contributed by atoms with E-state index >= 15 is 0 Å². The lowest BCUT2D eigenvalue weighted by atomic mass is 10.3. The molecule has 0 bridgehead atoms. The van der Waals surface area contributed by atoms with Crippen LogP contribution in [0.1, 0.15) is 6.42 Å². The van der Waals surface area contributed by atoms with Gasteiger partial charge in [-0.2, -0.15) is 13.2 Å². The van der Waals surface area contributed by atoms with Gasteiger partial charge in [0.15, 0.2) is 5.96 Å². The van der Waals surface area contributed by atoms with E-state index in [1.807, 2.05) is 6.07 Å². The molecular weight excluding hydrogens is 412 g/mol. The highest BCUT2D eigenvalue weighted by atomic mass is 127. The number of nitrogens with one attached hydrogen (secondary N) is 3. The number of benzene rings is 1. The molecule has 0 aliphatic carbocycles. The number of alkyl halides is 3. The topological polar surface area (TPSA) is 65.5 Å². The number of nitrogens with zero attached hydrogens (tertiary/aromatic N) is 1. The fraction of sp³-hybridized carbons (Fsp3) is 0.385. The van der Waals surface area contributed by atoms with Crippen molar-refractivity contribution < 1.29 is 18.0 Å². The molecule has 5 nitrogen and oxygen atoms in total. The van der Waals surface area contributed by atoms with E-state index < -0.39 is 12.6 Å². The summed E-state index contributed by atoms with van der Waals surface area (Å²) >= 11 is 0. The van der Waals surface area contributed by atoms with Crippen LogP contribution in [0.5, 0.6) is 0 Å². The molecule has 9 heteroatoms. The first kappa shape index (κ1) is 20.5. The van der Waals surface area contributed by atoms with Crippen molar-refractivity contribution in [3.63, 3.8) is 0 Å². The van der Waals surface area contributed by atoms with Crippen LogP contribution in [0.2, 0.25) is 0 Å². The molecule has 0 aliphatic heterocycles. The Kier molecular flexibility index (Phi) is 9.54. The van der Waals surface area contributed by atoms with E-state index in [1.54, 1.807) is 24.3 Å². The third-order valence-electron chi connectivity index (χ3n) is 2.40. The minimum Gasteiger partial charge on any atom is -0.356 e. The van der Waals surface area contributed by atoms with Crippen molar-refractivity contribution >= 4 is 41.5 Å². The van der Waals surface area contributed by atoms with E-state index in [2.05, 4.69) is 20.9 Å². The van der Waals surface area contributed by atoms with Gasteiger partial charge in [-0.3, -0.25) is 9.79 Å². The SMILES string of the molecule is CN=C(NCCC(F)(F)F)NCC(=O)Nc1ccccc1.I. The van der Waals surface area contributed by atoms with Crippen molar-refractivity contribution in [3.8, 4) is 0 Å². The van der Waals surface area contributed by atoms with Crippen LogP contribution < -0.4 is 16.0 Å². The molecule has 0 saturated carbocycles. The van der Waals surface area contributed by atoms with Crippen LogP contribution in [0, 0.1) is 0 Å². The number of aliphatic imine (C=N–C) groups is 1. The second-order valence-corrected chi connectivity index (χ2v) is 4.13. The first-order valence-corrected chi connectivity index (χ1v) is 6.27. The molecule has 0 aromatic heterocycles. The number of hydrogen-bond acceptors (Lipinski definition) is 2. The van der Waals surface area contributed by atoms with Crippen LogP contribution >= 0.6 is 24.0 Å². The molecular formula is C13H18F3IN4O. The van der Waals surface area contributed by atoms with Crippen molar-refractivity contribution in [1.82, 2.24) is 10.6 Å². The zero-order valence-corrected chi connectivity index (χ0v) is 14.2. The van der Waals surface area contributed by atoms with Gasteiger partial charge in [-0.15, -0.1) is 24.0 Å². The molecule has 0 unspecified atom stereocenters. The molecule has 22 heavy (non-hydrogen) atoms. The highest BCUT2D eigenvalue weighted by Gasteiger charge is 2.26. The molecule has 0 atom stereocenters. The van der Waals surface area contributed by atoms with Crippen LogP contribution in [0.15, 0.2) is 35.3 Å². The van der Waals surface area contributed by atoms with Crippen molar-refractivity contribution in [1.29, 1.82) is 0 Å². The third-order valence-corrected chi connectivity index (χ3v) is 2.40. The number of amides is 1. The fourth-order valence-electron chi connectivity index (χ4n) is 1.43. The number of anilines is 1. The van der Waals surface area contributed by atoms with Crippen molar-refractivity contribution in [2.45, 2.75) is 12.6 Å². The number of guanidine groups is 1. The number of halogens is 4. The summed E-state index contributed by atoms with van der Waals surface area (Å²) in [5.74, 6) is -0.178. The third kappa shape index (κ3) is 9.42. The van der Waals surface area contributed by atoms with Gasteiger partial charge >= 0.3 is 6.18 Å². The first-order chi connectivity index (χ1) is 9.90. The molecule has 0 saturated heterocycles. The van der Waals surface area contributed by atoms with Gasteiger partial charge in [-0.25, -0.2) is 0 Å². The lowest BCUT2D eigenvalue weighted by Gasteiger charge is -2.12. The van der Waals surface area contributed by atoms with Gasteiger partial charge in [0.05, 0.1) is 13.0 Å². The minimum atomic E-state index is -4.23. The molecule has 0 radical (unpaired) electrons. The summed E-state index contributed by atoms with van der Waals surface area (Å²) in [6.45, 7) is -0.399. The summed E-state index contributed by atoms with van der Waals surface area (Å²) in [6.07, 6.45) is -5.19. The second kappa shape index (κ2) is 10.2.